The summed E-state index contributed by atoms with van der Waals surface area (Å²) in [6.45, 7) is 2.60. The van der Waals surface area contributed by atoms with Crippen molar-refractivity contribution < 1.29 is 14.7 Å². The number of carbonyl (C=O) groups is 2. The Morgan fingerprint density at radius 1 is 0.919 bits per heavy atom. The van der Waals surface area contributed by atoms with Gasteiger partial charge in [0.15, 0.2) is 0 Å². The van der Waals surface area contributed by atoms with Crippen LogP contribution in [0.5, 0.6) is 0 Å². The molecular formula is C32H36N2O3. The van der Waals surface area contributed by atoms with Gasteiger partial charge in [-0.05, 0) is 77.9 Å². The lowest BCUT2D eigenvalue weighted by Gasteiger charge is -2.30. The summed E-state index contributed by atoms with van der Waals surface area (Å²) < 4.78 is 0. The number of aliphatic carboxylic acids is 1. The summed E-state index contributed by atoms with van der Waals surface area (Å²) in [7, 11) is 4.10. The van der Waals surface area contributed by atoms with E-state index >= 15 is 0 Å². The topological polar surface area (TPSA) is 60.9 Å². The smallest absolute Gasteiger partial charge is 0.328 e. The van der Waals surface area contributed by atoms with Crippen LogP contribution in [0.3, 0.4) is 0 Å². The van der Waals surface area contributed by atoms with Crippen LogP contribution in [0.1, 0.15) is 48.8 Å². The number of hydrogen-bond donors (Lipinski definition) is 1. The molecular weight excluding hydrogens is 460 g/mol. The first kappa shape index (κ1) is 26.2. The number of benzene rings is 3. The standard InChI is InChI=1S/C32H36N2O3/c1-23-20-28(17-18-30(23)33(2)3)26-15-12-25(13-16-26)22-34(32(37)27-9-5-4-6-10-27)29-11-7-8-24(21-29)14-19-31(35)36/h7-8,11-21,27H,4-6,9-10,22H2,1-3H3,(H,35,36). The van der Waals surface area contributed by atoms with Crippen molar-refractivity contribution in [1.82, 2.24) is 0 Å². The molecule has 1 N–H and O–H groups in total. The number of aryl methyl sites for hydroxylation is 1. The molecule has 192 valence electrons. The summed E-state index contributed by atoms with van der Waals surface area (Å²) in [5.74, 6) is -0.811. The molecule has 3 aromatic carbocycles. The average molecular weight is 497 g/mol. The highest BCUT2D eigenvalue weighted by Gasteiger charge is 2.27. The van der Waals surface area contributed by atoms with E-state index in [4.69, 9.17) is 5.11 Å². The molecule has 1 fully saturated rings. The Bertz CT molecular complexity index is 1270. The summed E-state index contributed by atoms with van der Waals surface area (Å²) >= 11 is 0. The van der Waals surface area contributed by atoms with Gasteiger partial charge in [0.25, 0.3) is 0 Å². The van der Waals surface area contributed by atoms with Crippen LogP contribution in [0.4, 0.5) is 11.4 Å². The fourth-order valence-electron chi connectivity index (χ4n) is 5.15. The Labute approximate surface area is 220 Å². The Hall–Kier alpha value is -3.86. The molecule has 4 rings (SSSR count). The summed E-state index contributed by atoms with van der Waals surface area (Å²) in [4.78, 5) is 28.7. The van der Waals surface area contributed by atoms with Crippen LogP contribution in [-0.4, -0.2) is 31.1 Å². The summed E-state index contributed by atoms with van der Waals surface area (Å²) in [5.41, 5.74) is 7.35. The minimum absolute atomic E-state index is 0.0319. The van der Waals surface area contributed by atoms with Gasteiger partial charge in [-0.3, -0.25) is 4.79 Å². The van der Waals surface area contributed by atoms with Crippen LogP contribution in [0.25, 0.3) is 17.2 Å². The highest BCUT2D eigenvalue weighted by Crippen LogP contribution is 2.30. The van der Waals surface area contributed by atoms with E-state index in [-0.39, 0.29) is 11.8 Å². The largest absolute Gasteiger partial charge is 0.478 e. The second-order valence-corrected chi connectivity index (χ2v) is 10.1. The van der Waals surface area contributed by atoms with Crippen molar-refractivity contribution >= 4 is 29.3 Å². The van der Waals surface area contributed by atoms with Crippen molar-refractivity contribution in [1.29, 1.82) is 0 Å². The van der Waals surface area contributed by atoms with E-state index < -0.39 is 5.97 Å². The van der Waals surface area contributed by atoms with Gasteiger partial charge in [-0.15, -0.1) is 0 Å². The molecule has 0 spiro atoms. The molecule has 5 nitrogen and oxygen atoms in total. The maximum absolute atomic E-state index is 13.7. The van der Waals surface area contributed by atoms with Crippen LogP contribution >= 0.6 is 0 Å². The quantitative estimate of drug-likeness (QED) is 0.343. The van der Waals surface area contributed by atoms with Gasteiger partial charge in [0, 0.05) is 37.5 Å². The molecule has 5 heteroatoms. The first-order valence-electron chi connectivity index (χ1n) is 13.0. The number of nitrogens with zero attached hydrogens (tertiary/aromatic N) is 2. The van der Waals surface area contributed by atoms with Crippen molar-refractivity contribution in [2.24, 2.45) is 5.92 Å². The number of amides is 1. The molecule has 0 aromatic heterocycles. The van der Waals surface area contributed by atoms with Crippen molar-refractivity contribution in [3.63, 3.8) is 0 Å². The van der Waals surface area contributed by atoms with Crippen molar-refractivity contribution in [2.45, 2.75) is 45.6 Å². The van der Waals surface area contributed by atoms with E-state index in [2.05, 4.69) is 68.4 Å². The third-order valence-electron chi connectivity index (χ3n) is 7.13. The predicted molar refractivity (Wildman–Crippen MR) is 152 cm³/mol. The van der Waals surface area contributed by atoms with E-state index in [1.807, 2.05) is 29.2 Å². The molecule has 0 unspecified atom stereocenters. The highest BCUT2D eigenvalue weighted by molar-refractivity contribution is 5.95. The van der Waals surface area contributed by atoms with Crippen molar-refractivity contribution in [3.8, 4) is 11.1 Å². The van der Waals surface area contributed by atoms with Crippen LogP contribution < -0.4 is 9.80 Å². The number of carboxylic acids is 1. The van der Waals surface area contributed by atoms with Gasteiger partial charge in [0.05, 0.1) is 6.54 Å². The fraction of sp³-hybridized carbons (Fsp3) is 0.312. The number of carbonyl (C=O) groups excluding carboxylic acids is 1. The van der Waals surface area contributed by atoms with Gasteiger partial charge in [-0.2, -0.15) is 0 Å². The van der Waals surface area contributed by atoms with Crippen LogP contribution in [-0.2, 0) is 16.1 Å². The zero-order valence-electron chi connectivity index (χ0n) is 22.0. The SMILES string of the molecule is Cc1cc(-c2ccc(CN(C(=O)C3CCCCC3)c3cccc(C=CC(=O)O)c3)cc2)ccc1N(C)C. The number of hydrogen-bond acceptors (Lipinski definition) is 3. The van der Waals surface area contributed by atoms with Crippen LogP contribution in [0.2, 0.25) is 0 Å². The van der Waals surface area contributed by atoms with Gasteiger partial charge in [-0.1, -0.05) is 61.7 Å². The van der Waals surface area contributed by atoms with E-state index in [1.54, 1.807) is 6.08 Å². The third kappa shape index (κ3) is 6.67. The first-order chi connectivity index (χ1) is 17.8. The molecule has 0 saturated heterocycles. The van der Waals surface area contributed by atoms with E-state index in [0.717, 1.165) is 54.1 Å². The molecule has 37 heavy (non-hydrogen) atoms. The molecule has 1 saturated carbocycles. The van der Waals surface area contributed by atoms with E-state index in [9.17, 15) is 9.59 Å². The molecule has 0 aliphatic heterocycles. The molecule has 0 bridgehead atoms. The lowest BCUT2D eigenvalue weighted by molar-refractivity contribution is -0.131. The number of carboxylic acid groups (broad SMARTS) is 1. The van der Waals surface area contributed by atoms with Gasteiger partial charge >= 0.3 is 5.97 Å². The van der Waals surface area contributed by atoms with E-state index in [1.165, 1.54) is 23.2 Å². The van der Waals surface area contributed by atoms with Crippen molar-refractivity contribution in [2.75, 3.05) is 23.9 Å². The molecule has 1 amide bonds. The lowest BCUT2D eigenvalue weighted by atomic mass is 9.88. The van der Waals surface area contributed by atoms with E-state index in [0.29, 0.717) is 6.54 Å². The maximum atomic E-state index is 13.7. The summed E-state index contributed by atoms with van der Waals surface area (Å²) in [6, 6.07) is 22.5. The first-order valence-corrected chi connectivity index (χ1v) is 13.0. The Morgan fingerprint density at radius 2 is 1.62 bits per heavy atom. The average Bonchev–Trinajstić information content (AvgIpc) is 2.91. The third-order valence-corrected chi connectivity index (χ3v) is 7.13. The zero-order chi connectivity index (χ0) is 26.4. The summed E-state index contributed by atoms with van der Waals surface area (Å²) in [6.07, 6.45) is 7.91. The minimum Gasteiger partial charge on any atom is -0.478 e. The molecule has 0 radical (unpaired) electrons. The predicted octanol–water partition coefficient (Wildman–Crippen LogP) is 6.94. The monoisotopic (exact) mass is 496 g/mol. The van der Waals surface area contributed by atoms with Crippen molar-refractivity contribution in [3.05, 3.63) is 89.5 Å². The second-order valence-electron chi connectivity index (χ2n) is 10.1. The van der Waals surface area contributed by atoms with Crippen LogP contribution in [0, 0.1) is 12.8 Å². The Balaban J connectivity index is 1.60. The molecule has 1 aliphatic rings. The zero-order valence-corrected chi connectivity index (χ0v) is 22.0. The normalized spacial score (nSPS) is 14.0. The Kier molecular flexibility index (Phi) is 8.44. The molecule has 0 atom stereocenters. The maximum Gasteiger partial charge on any atom is 0.328 e. The van der Waals surface area contributed by atoms with Gasteiger partial charge in [0.2, 0.25) is 5.91 Å². The molecule has 3 aromatic rings. The highest BCUT2D eigenvalue weighted by atomic mass is 16.4. The van der Waals surface area contributed by atoms with Crippen LogP contribution in [0.15, 0.2) is 72.8 Å². The summed E-state index contributed by atoms with van der Waals surface area (Å²) in [5, 5.41) is 9.01. The van der Waals surface area contributed by atoms with Gasteiger partial charge in [0.1, 0.15) is 0 Å². The lowest BCUT2D eigenvalue weighted by Crippen LogP contribution is -2.36. The Morgan fingerprint density at radius 3 is 2.27 bits per heavy atom. The molecule has 1 aliphatic carbocycles. The minimum atomic E-state index is -0.993. The fourth-order valence-corrected chi connectivity index (χ4v) is 5.15. The second kappa shape index (κ2) is 11.9. The number of anilines is 2. The number of rotatable bonds is 8. The van der Waals surface area contributed by atoms with Gasteiger partial charge < -0.3 is 14.9 Å². The molecule has 0 heterocycles. The van der Waals surface area contributed by atoms with Gasteiger partial charge in [-0.25, -0.2) is 4.79 Å².